The van der Waals surface area contributed by atoms with Crippen molar-refractivity contribution in [3.63, 3.8) is 0 Å². The normalized spacial score (nSPS) is 15.6. The third-order valence-corrected chi connectivity index (χ3v) is 7.39. The van der Waals surface area contributed by atoms with Gasteiger partial charge in [0.1, 0.15) is 6.04 Å². The van der Waals surface area contributed by atoms with Crippen LogP contribution in [0.4, 0.5) is 0 Å². The molecule has 4 rings (SSSR count). The van der Waals surface area contributed by atoms with Crippen molar-refractivity contribution >= 4 is 34.7 Å². The summed E-state index contributed by atoms with van der Waals surface area (Å²) in [6.07, 6.45) is 3.82. The van der Waals surface area contributed by atoms with Crippen LogP contribution in [0.3, 0.4) is 0 Å². The summed E-state index contributed by atoms with van der Waals surface area (Å²) in [5.74, 6) is 0.792. The predicted molar refractivity (Wildman–Crippen MR) is 133 cm³/mol. The molecule has 0 N–H and O–H groups in total. The summed E-state index contributed by atoms with van der Waals surface area (Å²) in [7, 11) is 2.93. The van der Waals surface area contributed by atoms with Gasteiger partial charge in [-0.2, -0.15) is 0 Å². The number of esters is 1. The highest BCUT2D eigenvalue weighted by atomic mass is 32.1. The maximum atomic E-state index is 13.5. The second kappa shape index (κ2) is 10.4. The van der Waals surface area contributed by atoms with Gasteiger partial charge in [-0.15, -0.1) is 11.3 Å². The number of unbranched alkanes of at least 4 members (excludes halogenated alkanes) is 1. The zero-order valence-electron chi connectivity index (χ0n) is 19.5. The molecule has 3 aromatic rings. The molecule has 0 amide bonds. The SMILES string of the molecule is CCCCOc1ccc(C=c2sc3n(c2=O)C(c2cccs2)C(C(=O)OC)=C(C)N=3)cc1OC. The van der Waals surface area contributed by atoms with E-state index in [0.29, 0.717) is 38.7 Å². The summed E-state index contributed by atoms with van der Waals surface area (Å²) in [6, 6.07) is 8.83. The van der Waals surface area contributed by atoms with E-state index in [1.54, 1.807) is 18.6 Å². The number of hydrogen-bond acceptors (Lipinski definition) is 8. The Kier molecular flexibility index (Phi) is 7.33. The van der Waals surface area contributed by atoms with E-state index in [0.717, 1.165) is 23.3 Å². The van der Waals surface area contributed by atoms with E-state index in [9.17, 15) is 9.59 Å². The van der Waals surface area contributed by atoms with Crippen molar-refractivity contribution < 1.29 is 19.0 Å². The minimum atomic E-state index is -0.574. The number of thiazole rings is 1. The molecule has 178 valence electrons. The number of benzene rings is 1. The standard InChI is InChI=1S/C25H26N2O5S2/c1-5-6-11-32-17-10-9-16(13-18(17)30-3)14-20-23(28)27-22(19-8-7-12-33-19)21(24(29)31-4)15(2)26-25(27)34-20/h7-10,12-14,22H,5-6,11H2,1-4H3. The quantitative estimate of drug-likeness (QED) is 0.350. The van der Waals surface area contributed by atoms with Crippen LogP contribution in [0.5, 0.6) is 11.5 Å². The number of carbonyl (C=O) groups is 1. The van der Waals surface area contributed by atoms with Crippen molar-refractivity contribution in [1.29, 1.82) is 0 Å². The molecule has 0 bridgehead atoms. The smallest absolute Gasteiger partial charge is 0.338 e. The van der Waals surface area contributed by atoms with Crippen LogP contribution in [-0.2, 0) is 9.53 Å². The molecule has 0 fully saturated rings. The minimum Gasteiger partial charge on any atom is -0.493 e. The fraction of sp³-hybridized carbons (Fsp3) is 0.320. The highest BCUT2D eigenvalue weighted by Crippen LogP contribution is 2.33. The number of thiophene rings is 1. The van der Waals surface area contributed by atoms with Gasteiger partial charge in [0.15, 0.2) is 16.3 Å². The lowest BCUT2D eigenvalue weighted by atomic mass is 10.0. The fourth-order valence-corrected chi connectivity index (χ4v) is 5.65. The number of nitrogens with zero attached hydrogens (tertiary/aromatic N) is 2. The summed E-state index contributed by atoms with van der Waals surface area (Å²) in [6.45, 7) is 4.50. The summed E-state index contributed by atoms with van der Waals surface area (Å²) >= 11 is 2.78. The number of rotatable bonds is 8. The number of aromatic nitrogens is 1. The van der Waals surface area contributed by atoms with E-state index >= 15 is 0 Å². The fourth-order valence-electron chi connectivity index (χ4n) is 3.78. The van der Waals surface area contributed by atoms with Crippen LogP contribution in [0.2, 0.25) is 0 Å². The Hall–Kier alpha value is -3.17. The maximum Gasteiger partial charge on any atom is 0.338 e. The van der Waals surface area contributed by atoms with E-state index in [1.165, 1.54) is 29.8 Å². The third kappa shape index (κ3) is 4.58. The Morgan fingerprint density at radius 3 is 2.74 bits per heavy atom. The molecule has 2 aromatic heterocycles. The van der Waals surface area contributed by atoms with Gasteiger partial charge in [-0.3, -0.25) is 9.36 Å². The molecular formula is C25H26N2O5S2. The lowest BCUT2D eigenvalue weighted by molar-refractivity contribution is -0.136. The molecule has 0 radical (unpaired) electrons. The Bertz CT molecular complexity index is 1400. The second-order valence-corrected chi connectivity index (χ2v) is 9.69. The van der Waals surface area contributed by atoms with Gasteiger partial charge in [0.25, 0.3) is 5.56 Å². The molecule has 1 atom stereocenters. The van der Waals surface area contributed by atoms with Crippen LogP contribution < -0.4 is 24.4 Å². The number of allylic oxidation sites excluding steroid dienone is 1. The predicted octanol–water partition coefficient (Wildman–Crippen LogP) is 3.66. The van der Waals surface area contributed by atoms with E-state index in [4.69, 9.17) is 14.2 Å². The van der Waals surface area contributed by atoms with Crippen LogP contribution >= 0.6 is 22.7 Å². The van der Waals surface area contributed by atoms with Crippen LogP contribution in [-0.4, -0.2) is 31.4 Å². The van der Waals surface area contributed by atoms with Crippen molar-refractivity contribution in [2.45, 2.75) is 32.7 Å². The number of ether oxygens (including phenoxy) is 3. The van der Waals surface area contributed by atoms with Gasteiger partial charge in [0, 0.05) is 4.88 Å². The van der Waals surface area contributed by atoms with Crippen molar-refractivity contribution in [3.8, 4) is 11.5 Å². The van der Waals surface area contributed by atoms with Gasteiger partial charge >= 0.3 is 5.97 Å². The lowest BCUT2D eigenvalue weighted by Crippen LogP contribution is -2.39. The highest BCUT2D eigenvalue weighted by Gasteiger charge is 2.33. The molecule has 0 aliphatic carbocycles. The molecule has 7 nitrogen and oxygen atoms in total. The van der Waals surface area contributed by atoms with Gasteiger partial charge in [-0.25, -0.2) is 9.79 Å². The summed E-state index contributed by atoms with van der Waals surface area (Å²) < 4.78 is 18.4. The summed E-state index contributed by atoms with van der Waals surface area (Å²) in [4.78, 5) is 32.1. The van der Waals surface area contributed by atoms with E-state index in [-0.39, 0.29) is 5.56 Å². The van der Waals surface area contributed by atoms with Crippen LogP contribution in [0, 0.1) is 0 Å². The van der Waals surface area contributed by atoms with E-state index in [1.807, 2.05) is 41.8 Å². The van der Waals surface area contributed by atoms with Gasteiger partial charge in [0.2, 0.25) is 0 Å². The largest absolute Gasteiger partial charge is 0.493 e. The zero-order valence-corrected chi connectivity index (χ0v) is 21.1. The first kappa shape index (κ1) is 24.0. The van der Waals surface area contributed by atoms with Crippen molar-refractivity contribution in [1.82, 2.24) is 4.57 Å². The molecule has 0 saturated heterocycles. The zero-order chi connectivity index (χ0) is 24.2. The highest BCUT2D eigenvalue weighted by molar-refractivity contribution is 7.10. The molecule has 0 spiro atoms. The molecule has 1 aliphatic rings. The number of hydrogen-bond donors (Lipinski definition) is 0. The number of carbonyl (C=O) groups excluding carboxylic acids is 1. The Morgan fingerprint density at radius 2 is 2.06 bits per heavy atom. The average Bonchev–Trinajstić information content (AvgIpc) is 3.47. The van der Waals surface area contributed by atoms with Gasteiger partial charge in [-0.1, -0.05) is 36.8 Å². The molecule has 34 heavy (non-hydrogen) atoms. The molecule has 0 saturated carbocycles. The first-order valence-electron chi connectivity index (χ1n) is 10.9. The molecule has 1 aromatic carbocycles. The number of methoxy groups -OCH3 is 2. The molecular weight excluding hydrogens is 472 g/mol. The number of fused-ring (bicyclic) bond motifs is 1. The minimum absolute atomic E-state index is 0.210. The first-order valence-corrected chi connectivity index (χ1v) is 12.6. The molecule has 3 heterocycles. The van der Waals surface area contributed by atoms with Crippen molar-refractivity contribution in [3.05, 3.63) is 77.1 Å². The Morgan fingerprint density at radius 1 is 1.24 bits per heavy atom. The Labute approximate surface area is 205 Å². The van der Waals surface area contributed by atoms with Crippen LogP contribution in [0.25, 0.3) is 6.08 Å². The third-order valence-electron chi connectivity index (χ3n) is 5.48. The van der Waals surface area contributed by atoms with Gasteiger partial charge in [0.05, 0.1) is 36.6 Å². The maximum absolute atomic E-state index is 13.5. The molecule has 9 heteroatoms. The topological polar surface area (TPSA) is 79.1 Å². The van der Waals surface area contributed by atoms with Crippen molar-refractivity contribution in [2.75, 3.05) is 20.8 Å². The molecule has 1 aliphatic heterocycles. The second-order valence-electron chi connectivity index (χ2n) is 7.70. The average molecular weight is 499 g/mol. The summed E-state index contributed by atoms with van der Waals surface area (Å²) in [5, 5.41) is 1.92. The van der Waals surface area contributed by atoms with Crippen LogP contribution in [0.1, 0.15) is 43.2 Å². The monoisotopic (exact) mass is 498 g/mol. The van der Waals surface area contributed by atoms with Crippen LogP contribution in [0.15, 0.2) is 56.8 Å². The Balaban J connectivity index is 1.81. The molecule has 1 unspecified atom stereocenters. The first-order chi connectivity index (χ1) is 16.5. The summed E-state index contributed by atoms with van der Waals surface area (Å²) in [5.41, 5.74) is 1.52. The lowest BCUT2D eigenvalue weighted by Gasteiger charge is -2.22. The van der Waals surface area contributed by atoms with E-state index in [2.05, 4.69) is 11.9 Å². The van der Waals surface area contributed by atoms with Crippen molar-refractivity contribution in [2.24, 2.45) is 4.99 Å². The van der Waals surface area contributed by atoms with Gasteiger partial charge < -0.3 is 14.2 Å². The van der Waals surface area contributed by atoms with E-state index < -0.39 is 12.0 Å². The van der Waals surface area contributed by atoms with Gasteiger partial charge in [-0.05, 0) is 48.6 Å².